The average molecular weight is 675 g/mol. The Bertz CT molecular complexity index is 2140. The molecule has 0 amide bonds. The van der Waals surface area contributed by atoms with Crippen LogP contribution < -0.4 is 24.4 Å². The largest absolute Gasteiger partial charge is 0.490 e. The van der Waals surface area contributed by atoms with Crippen LogP contribution in [0.1, 0.15) is 49.3 Å². The first-order valence-electron chi connectivity index (χ1n) is 15.1. The number of nitro benzene ring substituents is 1. The van der Waals surface area contributed by atoms with Crippen molar-refractivity contribution in [2.24, 2.45) is 4.99 Å². The quantitative estimate of drug-likeness (QED) is 0.130. The Morgan fingerprint density at radius 1 is 1.04 bits per heavy atom. The monoisotopic (exact) mass is 674 g/mol. The topological polar surface area (TPSA) is 153 Å². The van der Waals surface area contributed by atoms with Crippen LogP contribution in [0.2, 0.25) is 0 Å². The van der Waals surface area contributed by atoms with Crippen molar-refractivity contribution < 1.29 is 33.5 Å². The van der Waals surface area contributed by atoms with Gasteiger partial charge in [0, 0.05) is 23.5 Å². The number of carbonyl (C=O) groups is 2. The van der Waals surface area contributed by atoms with Gasteiger partial charge in [-0.3, -0.25) is 19.5 Å². The van der Waals surface area contributed by atoms with Gasteiger partial charge in [-0.1, -0.05) is 23.5 Å². The van der Waals surface area contributed by atoms with Crippen LogP contribution in [0.3, 0.4) is 0 Å². The summed E-state index contributed by atoms with van der Waals surface area (Å²) in [5.41, 5.74) is 3.71. The van der Waals surface area contributed by atoms with Crippen LogP contribution in [0.4, 0.5) is 5.69 Å². The number of nitrogens with zero attached hydrogens (tertiary/aromatic N) is 4. The summed E-state index contributed by atoms with van der Waals surface area (Å²) in [5.74, 6) is -0.575. The van der Waals surface area contributed by atoms with Crippen molar-refractivity contribution in [3.8, 4) is 17.2 Å². The second kappa shape index (κ2) is 14.1. The van der Waals surface area contributed by atoms with E-state index in [2.05, 4.69) is 9.73 Å². The van der Waals surface area contributed by atoms with E-state index < -0.39 is 22.9 Å². The smallest absolute Gasteiger partial charge is 0.343 e. The van der Waals surface area contributed by atoms with E-state index in [1.54, 1.807) is 57.2 Å². The highest BCUT2D eigenvalue weighted by atomic mass is 32.1. The predicted octanol–water partition coefficient (Wildman–Crippen LogP) is 4.06. The van der Waals surface area contributed by atoms with Gasteiger partial charge in [-0.05, 0) is 76.1 Å². The SMILES string of the molecule is CCOC(=O)C1=C(C)N=c2s/c(=C\c3cc(C)n(-c4cccc([N+](=O)[O-])c4)c3C)c(=O)n2[C@@H]1c1ccc(OCC(=O)OC)c(OCC)c1. The van der Waals surface area contributed by atoms with E-state index >= 15 is 0 Å². The van der Waals surface area contributed by atoms with E-state index in [9.17, 15) is 24.5 Å². The van der Waals surface area contributed by atoms with Crippen molar-refractivity contribution in [2.75, 3.05) is 26.9 Å². The molecule has 0 unspecified atom stereocenters. The van der Waals surface area contributed by atoms with Gasteiger partial charge in [-0.25, -0.2) is 14.6 Å². The molecule has 4 aromatic rings. The van der Waals surface area contributed by atoms with Gasteiger partial charge >= 0.3 is 11.9 Å². The Hall–Kier alpha value is -5.50. The molecule has 0 N–H and O–H groups in total. The Balaban J connectivity index is 1.66. The lowest BCUT2D eigenvalue weighted by Crippen LogP contribution is -2.40. The van der Waals surface area contributed by atoms with Gasteiger partial charge in [0.25, 0.3) is 11.2 Å². The Morgan fingerprint density at radius 3 is 2.50 bits per heavy atom. The number of thiazole rings is 1. The van der Waals surface area contributed by atoms with Crippen molar-refractivity contribution >= 4 is 35.0 Å². The zero-order valence-electron chi connectivity index (χ0n) is 27.3. The number of fused-ring (bicyclic) bond motifs is 1. The Kier molecular flexibility index (Phi) is 9.94. The average Bonchev–Trinajstić information content (AvgIpc) is 3.52. The fourth-order valence-corrected chi connectivity index (χ4v) is 6.64. The van der Waals surface area contributed by atoms with Crippen molar-refractivity contribution in [3.63, 3.8) is 0 Å². The zero-order chi connectivity index (χ0) is 34.7. The highest BCUT2D eigenvalue weighted by Crippen LogP contribution is 2.36. The van der Waals surface area contributed by atoms with Gasteiger partial charge in [-0.2, -0.15) is 0 Å². The number of methoxy groups -OCH3 is 1. The molecule has 3 heterocycles. The van der Waals surface area contributed by atoms with Gasteiger partial charge in [-0.15, -0.1) is 0 Å². The van der Waals surface area contributed by atoms with Gasteiger partial charge in [0.1, 0.15) is 0 Å². The lowest BCUT2D eigenvalue weighted by Gasteiger charge is -2.25. The van der Waals surface area contributed by atoms with Crippen molar-refractivity contribution in [3.05, 3.63) is 112 Å². The molecule has 1 aliphatic heterocycles. The number of allylic oxidation sites excluding steroid dienone is 1. The lowest BCUT2D eigenvalue weighted by molar-refractivity contribution is -0.384. The number of non-ortho nitro benzene ring substituents is 1. The number of hydrogen-bond donors (Lipinski definition) is 0. The number of aryl methyl sites for hydroxylation is 1. The maximum atomic E-state index is 14.2. The molecule has 48 heavy (non-hydrogen) atoms. The van der Waals surface area contributed by atoms with E-state index in [4.69, 9.17) is 14.2 Å². The second-order valence-corrected chi connectivity index (χ2v) is 11.8. The molecule has 250 valence electrons. The summed E-state index contributed by atoms with van der Waals surface area (Å²) in [6.45, 7) is 9.02. The molecule has 1 aliphatic rings. The third-order valence-electron chi connectivity index (χ3n) is 7.73. The number of rotatable bonds is 11. The number of ether oxygens (including phenoxy) is 4. The van der Waals surface area contributed by atoms with Crippen LogP contribution in [-0.2, 0) is 19.1 Å². The first-order chi connectivity index (χ1) is 23.0. The summed E-state index contributed by atoms with van der Waals surface area (Å²) in [6, 6.07) is 12.3. The molecular weight excluding hydrogens is 640 g/mol. The molecule has 0 aliphatic carbocycles. The minimum atomic E-state index is -0.909. The predicted molar refractivity (Wildman–Crippen MR) is 177 cm³/mol. The van der Waals surface area contributed by atoms with E-state index in [-0.39, 0.29) is 42.4 Å². The number of esters is 2. The van der Waals surface area contributed by atoms with E-state index in [0.29, 0.717) is 32.0 Å². The molecule has 2 aromatic heterocycles. The molecule has 2 aromatic carbocycles. The number of hydrogen-bond acceptors (Lipinski definition) is 11. The summed E-state index contributed by atoms with van der Waals surface area (Å²) in [6.07, 6.45) is 1.76. The van der Waals surface area contributed by atoms with E-state index in [0.717, 1.165) is 17.0 Å². The second-order valence-electron chi connectivity index (χ2n) is 10.7. The molecule has 0 fully saturated rings. The molecule has 0 radical (unpaired) electrons. The van der Waals surface area contributed by atoms with Crippen LogP contribution in [0.15, 0.2) is 69.6 Å². The Morgan fingerprint density at radius 2 is 1.81 bits per heavy atom. The van der Waals surface area contributed by atoms with Gasteiger partial charge in [0.15, 0.2) is 22.9 Å². The summed E-state index contributed by atoms with van der Waals surface area (Å²) in [5, 5.41) is 11.4. The van der Waals surface area contributed by atoms with Gasteiger partial charge < -0.3 is 23.5 Å². The summed E-state index contributed by atoms with van der Waals surface area (Å²) in [4.78, 5) is 55.3. The number of benzene rings is 2. The molecule has 0 bridgehead atoms. The van der Waals surface area contributed by atoms with Crippen molar-refractivity contribution in [1.82, 2.24) is 9.13 Å². The minimum absolute atomic E-state index is 0.0295. The number of carbonyl (C=O) groups excluding carboxylic acids is 2. The third-order valence-corrected chi connectivity index (χ3v) is 8.71. The van der Waals surface area contributed by atoms with Crippen LogP contribution in [0.25, 0.3) is 11.8 Å². The third kappa shape index (κ3) is 6.51. The zero-order valence-corrected chi connectivity index (χ0v) is 28.1. The van der Waals surface area contributed by atoms with E-state index in [1.807, 2.05) is 24.5 Å². The first kappa shape index (κ1) is 33.9. The molecule has 0 saturated heterocycles. The molecule has 13 nitrogen and oxygen atoms in total. The molecule has 0 saturated carbocycles. The summed E-state index contributed by atoms with van der Waals surface area (Å²) >= 11 is 1.18. The van der Waals surface area contributed by atoms with Gasteiger partial charge in [0.2, 0.25) is 0 Å². The minimum Gasteiger partial charge on any atom is -0.490 e. The van der Waals surface area contributed by atoms with Crippen molar-refractivity contribution in [2.45, 2.75) is 40.7 Å². The molecule has 5 rings (SSSR count). The van der Waals surface area contributed by atoms with Crippen molar-refractivity contribution in [1.29, 1.82) is 0 Å². The normalized spacial score (nSPS) is 14.3. The van der Waals surface area contributed by atoms with Crippen LogP contribution in [0, 0.1) is 24.0 Å². The maximum Gasteiger partial charge on any atom is 0.343 e. The van der Waals surface area contributed by atoms with Gasteiger partial charge in [0.05, 0.1) is 52.8 Å². The molecule has 0 spiro atoms. The fraction of sp³-hybridized carbons (Fsp3) is 0.294. The highest BCUT2D eigenvalue weighted by molar-refractivity contribution is 7.07. The van der Waals surface area contributed by atoms with Crippen LogP contribution >= 0.6 is 11.3 Å². The highest BCUT2D eigenvalue weighted by Gasteiger charge is 2.34. The van der Waals surface area contributed by atoms with Crippen LogP contribution in [0.5, 0.6) is 11.5 Å². The standard InChI is InChI=1S/C34H34N4O9S/c1-7-45-27-15-22(12-13-26(27)47-18-29(39)44-6)31-30(33(41)46-8-2)20(4)35-34-37(31)32(40)28(48-34)16-23-14-19(3)36(21(23)5)24-10-9-11-25(17-24)38(42)43/h9-17,31H,7-8,18H2,1-6H3/b28-16-/t31-/m1/s1. The maximum absolute atomic E-state index is 14.2. The summed E-state index contributed by atoms with van der Waals surface area (Å²) in [7, 11) is 1.26. The molecule has 14 heteroatoms. The van der Waals surface area contributed by atoms with E-state index in [1.165, 1.54) is 35.1 Å². The fourth-order valence-electron chi connectivity index (χ4n) is 5.60. The van der Waals surface area contributed by atoms with Crippen LogP contribution in [-0.4, -0.2) is 52.9 Å². The number of aromatic nitrogens is 2. The summed E-state index contributed by atoms with van der Waals surface area (Å²) < 4.78 is 25.3. The Labute approximate surface area is 279 Å². The first-order valence-corrected chi connectivity index (χ1v) is 15.9. The molecule has 1 atom stereocenters. The molecular formula is C34H34N4O9S. The lowest BCUT2D eigenvalue weighted by atomic mass is 9.95. The number of nitro groups is 1.